The molecule has 4 nitrogen and oxygen atoms in total. The van der Waals surface area contributed by atoms with Crippen LogP contribution in [0.2, 0.25) is 10.0 Å². The van der Waals surface area contributed by atoms with Gasteiger partial charge in [-0.15, -0.1) is 0 Å². The van der Waals surface area contributed by atoms with E-state index in [0.717, 1.165) is 11.1 Å². The third-order valence-electron chi connectivity index (χ3n) is 4.49. The van der Waals surface area contributed by atoms with Crippen molar-refractivity contribution in [1.29, 1.82) is 0 Å². The number of hydrogen-bond donors (Lipinski definition) is 2. The molecule has 0 bridgehead atoms. The van der Waals surface area contributed by atoms with Crippen molar-refractivity contribution in [1.82, 2.24) is 0 Å². The number of anilines is 2. The highest BCUT2D eigenvalue weighted by Gasteiger charge is 2.56. The Labute approximate surface area is 156 Å². The monoisotopic (exact) mass is 376 g/mol. The van der Waals surface area contributed by atoms with Gasteiger partial charge in [-0.25, -0.2) is 0 Å². The maximum Gasteiger partial charge on any atom is 0.240 e. The fourth-order valence-electron chi connectivity index (χ4n) is 2.61. The molecule has 2 N–H and O–H groups in total. The van der Waals surface area contributed by atoms with Crippen LogP contribution in [0.3, 0.4) is 0 Å². The molecule has 0 atom stereocenters. The summed E-state index contributed by atoms with van der Waals surface area (Å²) in [6.45, 7) is 3.74. The van der Waals surface area contributed by atoms with Gasteiger partial charge in [0.05, 0.1) is 0 Å². The summed E-state index contributed by atoms with van der Waals surface area (Å²) < 4.78 is 0. The lowest BCUT2D eigenvalue weighted by Crippen LogP contribution is -2.35. The molecule has 25 heavy (non-hydrogen) atoms. The Bertz CT molecular complexity index is 860. The van der Waals surface area contributed by atoms with E-state index in [-0.39, 0.29) is 11.8 Å². The molecule has 1 aliphatic carbocycles. The van der Waals surface area contributed by atoms with Gasteiger partial charge in [0.2, 0.25) is 11.8 Å². The average molecular weight is 377 g/mol. The van der Waals surface area contributed by atoms with Crippen LogP contribution >= 0.6 is 23.2 Å². The van der Waals surface area contributed by atoms with Crippen molar-refractivity contribution >= 4 is 46.4 Å². The summed E-state index contributed by atoms with van der Waals surface area (Å²) in [6.07, 6.45) is 1.05. The van der Waals surface area contributed by atoms with E-state index >= 15 is 0 Å². The van der Waals surface area contributed by atoms with E-state index in [4.69, 9.17) is 23.2 Å². The Morgan fingerprint density at radius 3 is 2.20 bits per heavy atom. The van der Waals surface area contributed by atoms with E-state index < -0.39 is 5.41 Å². The smallest absolute Gasteiger partial charge is 0.240 e. The third kappa shape index (κ3) is 3.65. The summed E-state index contributed by atoms with van der Waals surface area (Å²) in [5.41, 5.74) is 2.00. The molecular formula is C19H18Cl2N2O2. The number of carbonyl (C=O) groups is 2. The molecule has 1 saturated carbocycles. The Kier molecular flexibility index (Phi) is 4.76. The van der Waals surface area contributed by atoms with Crippen LogP contribution in [0.5, 0.6) is 0 Å². The van der Waals surface area contributed by atoms with E-state index in [1.165, 1.54) is 0 Å². The van der Waals surface area contributed by atoms with Gasteiger partial charge in [0.25, 0.3) is 0 Å². The summed E-state index contributed by atoms with van der Waals surface area (Å²) >= 11 is 12.0. The van der Waals surface area contributed by atoms with Gasteiger partial charge < -0.3 is 10.6 Å². The zero-order chi connectivity index (χ0) is 18.2. The van der Waals surface area contributed by atoms with Gasteiger partial charge in [0, 0.05) is 21.4 Å². The Hall–Kier alpha value is -2.04. The Morgan fingerprint density at radius 1 is 0.920 bits per heavy atom. The number of aryl methyl sites for hydroxylation is 2. The summed E-state index contributed by atoms with van der Waals surface area (Å²) in [5, 5.41) is 6.82. The minimum absolute atomic E-state index is 0.298. The number of amides is 2. The third-order valence-corrected chi connectivity index (χ3v) is 5.13. The topological polar surface area (TPSA) is 58.2 Å². The van der Waals surface area contributed by atoms with Gasteiger partial charge in [0.1, 0.15) is 5.41 Å². The zero-order valence-corrected chi connectivity index (χ0v) is 15.5. The number of rotatable bonds is 4. The van der Waals surface area contributed by atoms with Gasteiger partial charge in [-0.3, -0.25) is 9.59 Å². The van der Waals surface area contributed by atoms with Crippen LogP contribution in [0.1, 0.15) is 24.0 Å². The zero-order valence-electron chi connectivity index (χ0n) is 14.0. The van der Waals surface area contributed by atoms with Gasteiger partial charge in [-0.05, 0) is 68.1 Å². The van der Waals surface area contributed by atoms with E-state index in [0.29, 0.717) is 34.3 Å². The second-order valence-electron chi connectivity index (χ2n) is 6.41. The standard InChI is InChI=1S/C19H18Cl2N2O2/c1-11-3-5-14(10-15(11)21)22-17(24)19(7-8-19)18(25)23-16-6-4-13(20)9-12(16)2/h3-6,9-10H,7-8H2,1-2H3,(H,22,24)(H,23,25). The molecule has 130 valence electrons. The highest BCUT2D eigenvalue weighted by molar-refractivity contribution is 6.31. The summed E-state index contributed by atoms with van der Waals surface area (Å²) in [5.74, 6) is -0.606. The molecule has 0 radical (unpaired) electrons. The predicted octanol–water partition coefficient (Wildman–Crippen LogP) is 4.97. The largest absolute Gasteiger partial charge is 0.325 e. The molecular weight excluding hydrogens is 359 g/mol. The van der Waals surface area contributed by atoms with E-state index in [2.05, 4.69) is 10.6 Å². The molecule has 0 spiro atoms. The number of hydrogen-bond acceptors (Lipinski definition) is 2. The first kappa shape index (κ1) is 17.8. The number of benzene rings is 2. The van der Waals surface area contributed by atoms with Crippen LogP contribution in [-0.4, -0.2) is 11.8 Å². The second kappa shape index (κ2) is 6.70. The average Bonchev–Trinajstić information content (AvgIpc) is 3.35. The van der Waals surface area contributed by atoms with Crippen molar-refractivity contribution in [3.05, 3.63) is 57.6 Å². The van der Waals surface area contributed by atoms with Crippen molar-refractivity contribution in [2.24, 2.45) is 5.41 Å². The first-order valence-corrected chi connectivity index (χ1v) is 8.73. The minimum Gasteiger partial charge on any atom is -0.325 e. The van der Waals surface area contributed by atoms with Crippen molar-refractivity contribution in [3.63, 3.8) is 0 Å². The molecule has 0 aliphatic heterocycles. The molecule has 2 aromatic rings. The summed E-state index contributed by atoms with van der Waals surface area (Å²) in [4.78, 5) is 25.3. The van der Waals surface area contributed by atoms with E-state index in [1.807, 2.05) is 19.9 Å². The lowest BCUT2D eigenvalue weighted by Gasteiger charge is -2.17. The molecule has 3 rings (SSSR count). The molecule has 0 aromatic heterocycles. The van der Waals surface area contributed by atoms with Crippen molar-refractivity contribution in [2.75, 3.05) is 10.6 Å². The lowest BCUT2D eigenvalue weighted by molar-refractivity contribution is -0.131. The van der Waals surface area contributed by atoms with Crippen LogP contribution < -0.4 is 10.6 Å². The highest BCUT2D eigenvalue weighted by Crippen LogP contribution is 2.47. The molecule has 1 fully saturated rings. The molecule has 0 heterocycles. The number of halogens is 2. The summed E-state index contributed by atoms with van der Waals surface area (Å²) in [6, 6.07) is 10.5. The fraction of sp³-hybridized carbons (Fsp3) is 0.263. The van der Waals surface area contributed by atoms with Crippen LogP contribution in [0.4, 0.5) is 11.4 Å². The van der Waals surface area contributed by atoms with Gasteiger partial charge in [-0.2, -0.15) is 0 Å². The van der Waals surface area contributed by atoms with Crippen molar-refractivity contribution in [2.45, 2.75) is 26.7 Å². The maximum absolute atomic E-state index is 12.7. The molecule has 1 aliphatic rings. The molecule has 0 unspecified atom stereocenters. The molecule has 0 saturated heterocycles. The SMILES string of the molecule is Cc1ccc(NC(=O)C2(C(=O)Nc3ccc(Cl)cc3C)CC2)cc1Cl. The van der Waals surface area contributed by atoms with Crippen molar-refractivity contribution in [3.8, 4) is 0 Å². The first-order chi connectivity index (χ1) is 11.8. The van der Waals surface area contributed by atoms with Crippen LogP contribution in [0, 0.1) is 19.3 Å². The highest BCUT2D eigenvalue weighted by atomic mass is 35.5. The Morgan fingerprint density at radius 2 is 1.60 bits per heavy atom. The minimum atomic E-state index is -1.02. The molecule has 6 heteroatoms. The normalized spacial score (nSPS) is 14.7. The summed E-state index contributed by atoms with van der Waals surface area (Å²) in [7, 11) is 0. The maximum atomic E-state index is 12.7. The van der Waals surface area contributed by atoms with Gasteiger partial charge >= 0.3 is 0 Å². The van der Waals surface area contributed by atoms with Gasteiger partial charge in [-0.1, -0.05) is 29.3 Å². The van der Waals surface area contributed by atoms with Gasteiger partial charge in [0.15, 0.2) is 0 Å². The lowest BCUT2D eigenvalue weighted by atomic mass is 10.0. The fourth-order valence-corrected chi connectivity index (χ4v) is 3.02. The quantitative estimate of drug-likeness (QED) is 0.740. The van der Waals surface area contributed by atoms with E-state index in [1.54, 1.807) is 30.3 Å². The van der Waals surface area contributed by atoms with E-state index in [9.17, 15) is 9.59 Å². The Balaban J connectivity index is 1.73. The molecule has 2 aromatic carbocycles. The van der Waals surface area contributed by atoms with Crippen LogP contribution in [-0.2, 0) is 9.59 Å². The molecule has 2 amide bonds. The number of nitrogens with one attached hydrogen (secondary N) is 2. The number of carbonyl (C=O) groups excluding carboxylic acids is 2. The predicted molar refractivity (Wildman–Crippen MR) is 101 cm³/mol. The van der Waals surface area contributed by atoms with Crippen molar-refractivity contribution < 1.29 is 9.59 Å². The van der Waals surface area contributed by atoms with Crippen LogP contribution in [0.25, 0.3) is 0 Å². The first-order valence-electron chi connectivity index (χ1n) is 7.97. The van der Waals surface area contributed by atoms with Crippen LogP contribution in [0.15, 0.2) is 36.4 Å². The second-order valence-corrected chi connectivity index (χ2v) is 7.26.